The van der Waals surface area contributed by atoms with E-state index in [0.717, 1.165) is 41.0 Å². The van der Waals surface area contributed by atoms with Crippen LogP contribution in [0.15, 0.2) is 16.5 Å². The van der Waals surface area contributed by atoms with Gasteiger partial charge in [-0.3, -0.25) is 0 Å². The first-order chi connectivity index (χ1) is 10.2. The molecule has 0 bridgehead atoms. The van der Waals surface area contributed by atoms with Crippen molar-refractivity contribution in [3.05, 3.63) is 17.2 Å². The Hall–Kier alpha value is -1.08. The predicted molar refractivity (Wildman–Crippen MR) is 85.7 cm³/mol. The molecule has 2 heterocycles. The Kier molecular flexibility index (Phi) is 4.80. The summed E-state index contributed by atoms with van der Waals surface area (Å²) >= 11 is 3.24. The van der Waals surface area contributed by atoms with E-state index in [2.05, 4.69) is 27.7 Å². The van der Waals surface area contributed by atoms with Crippen molar-refractivity contribution in [3.8, 4) is 0 Å². The maximum Gasteiger partial charge on any atom is 0.317 e. The largest absolute Gasteiger partial charge is 0.337 e. The molecule has 1 fully saturated rings. The lowest BCUT2D eigenvalue weighted by Gasteiger charge is -2.17. The maximum absolute atomic E-state index is 12.2. The number of allylic oxidation sites excluding steroid dienone is 2. The monoisotopic (exact) mass is 324 g/mol. The van der Waals surface area contributed by atoms with E-state index >= 15 is 0 Å². The molecule has 1 saturated heterocycles. The van der Waals surface area contributed by atoms with Crippen molar-refractivity contribution < 1.29 is 4.79 Å². The first-order valence-corrected chi connectivity index (χ1v) is 9.13. The number of thioether (sulfide) groups is 1. The van der Waals surface area contributed by atoms with Gasteiger partial charge in [0.25, 0.3) is 0 Å². The Bertz CT molecular complexity index is 515. The molecule has 2 amide bonds. The van der Waals surface area contributed by atoms with E-state index in [1.807, 2.05) is 11.8 Å². The van der Waals surface area contributed by atoms with Crippen LogP contribution in [0.3, 0.4) is 0 Å². The van der Waals surface area contributed by atoms with Crippen LogP contribution in [0.2, 0.25) is 0 Å². The molecule has 3 rings (SSSR count). The minimum Gasteiger partial charge on any atom is -0.337 e. The molecular weight excluding hydrogens is 304 g/mol. The zero-order valence-electron chi connectivity index (χ0n) is 12.1. The van der Waals surface area contributed by atoms with Crippen LogP contribution in [0, 0.1) is 18.8 Å². The molecule has 7 heteroatoms. The van der Waals surface area contributed by atoms with Crippen molar-refractivity contribution in [2.24, 2.45) is 11.8 Å². The summed E-state index contributed by atoms with van der Waals surface area (Å²) in [5.41, 5.74) is 0. The predicted octanol–water partition coefficient (Wildman–Crippen LogP) is 2.55. The van der Waals surface area contributed by atoms with Crippen LogP contribution in [0.1, 0.15) is 17.8 Å². The lowest BCUT2D eigenvalue weighted by molar-refractivity contribution is 0.207. The summed E-state index contributed by atoms with van der Waals surface area (Å²) in [6.07, 6.45) is 6.76. The standard InChI is InChI=1S/C14H20N4OS2/c1-10-16-17-14(21-10)20-7-6-15-13(19)18-8-11-4-2-3-5-12(11)9-18/h2-3,11-12H,4-9H2,1H3,(H,15,19)/t11-,12+. The van der Waals surface area contributed by atoms with Gasteiger partial charge in [-0.1, -0.05) is 35.3 Å². The number of fused-ring (bicyclic) bond motifs is 1. The Morgan fingerprint density at radius 2 is 2.10 bits per heavy atom. The molecule has 114 valence electrons. The maximum atomic E-state index is 12.2. The van der Waals surface area contributed by atoms with Gasteiger partial charge in [0.15, 0.2) is 4.34 Å². The Morgan fingerprint density at radius 1 is 1.38 bits per heavy atom. The molecule has 0 saturated carbocycles. The number of carbonyl (C=O) groups is 1. The van der Waals surface area contributed by atoms with Crippen molar-refractivity contribution in [1.29, 1.82) is 0 Å². The molecule has 21 heavy (non-hydrogen) atoms. The second-order valence-corrected chi connectivity index (χ2v) is 8.06. The third-order valence-corrected chi connectivity index (χ3v) is 5.99. The van der Waals surface area contributed by atoms with Crippen molar-refractivity contribution in [1.82, 2.24) is 20.4 Å². The Balaban J connectivity index is 1.37. The number of nitrogens with one attached hydrogen (secondary N) is 1. The molecule has 1 aromatic heterocycles. The Morgan fingerprint density at radius 3 is 2.71 bits per heavy atom. The van der Waals surface area contributed by atoms with E-state index in [-0.39, 0.29) is 6.03 Å². The Labute approximate surface area is 133 Å². The number of aromatic nitrogens is 2. The van der Waals surface area contributed by atoms with E-state index in [0.29, 0.717) is 18.4 Å². The third-order valence-electron chi connectivity index (χ3n) is 4.02. The minimum absolute atomic E-state index is 0.0819. The lowest BCUT2D eigenvalue weighted by atomic mass is 9.86. The number of urea groups is 1. The summed E-state index contributed by atoms with van der Waals surface area (Å²) in [6, 6.07) is 0.0819. The van der Waals surface area contributed by atoms with E-state index in [1.54, 1.807) is 23.1 Å². The highest BCUT2D eigenvalue weighted by Crippen LogP contribution is 2.32. The van der Waals surface area contributed by atoms with Gasteiger partial charge >= 0.3 is 6.03 Å². The molecule has 1 aliphatic carbocycles. The van der Waals surface area contributed by atoms with Crippen LogP contribution >= 0.6 is 23.1 Å². The number of likely N-dealkylation sites (tertiary alicyclic amines) is 1. The molecule has 5 nitrogen and oxygen atoms in total. The smallest absolute Gasteiger partial charge is 0.317 e. The average molecular weight is 324 g/mol. The highest BCUT2D eigenvalue weighted by molar-refractivity contribution is 8.01. The van der Waals surface area contributed by atoms with Crippen LogP contribution in [-0.4, -0.2) is 46.5 Å². The van der Waals surface area contributed by atoms with Gasteiger partial charge in [-0.25, -0.2) is 4.79 Å². The van der Waals surface area contributed by atoms with Crippen molar-refractivity contribution in [3.63, 3.8) is 0 Å². The first kappa shape index (κ1) is 14.8. The summed E-state index contributed by atoms with van der Waals surface area (Å²) in [4.78, 5) is 14.1. The number of amides is 2. The second-order valence-electron chi connectivity index (χ2n) is 5.54. The first-order valence-electron chi connectivity index (χ1n) is 7.33. The molecule has 1 aliphatic heterocycles. The van der Waals surface area contributed by atoms with E-state index < -0.39 is 0 Å². The third kappa shape index (κ3) is 3.77. The molecule has 1 aromatic rings. The molecule has 1 N–H and O–H groups in total. The summed E-state index contributed by atoms with van der Waals surface area (Å²) in [5.74, 6) is 2.17. The fourth-order valence-corrected chi connectivity index (χ4v) is 4.67. The molecular formula is C14H20N4OS2. The number of rotatable bonds is 4. The fraction of sp³-hybridized carbons (Fsp3) is 0.643. The zero-order chi connectivity index (χ0) is 14.7. The van der Waals surface area contributed by atoms with Gasteiger partial charge in [0.05, 0.1) is 0 Å². The molecule has 0 aromatic carbocycles. The number of nitrogens with zero attached hydrogens (tertiary/aromatic N) is 3. The SMILES string of the molecule is Cc1nnc(SCCNC(=O)N2C[C@H]3CC=CC[C@H]3C2)s1. The highest BCUT2D eigenvalue weighted by atomic mass is 32.2. The van der Waals surface area contributed by atoms with Gasteiger partial charge in [-0.2, -0.15) is 0 Å². The molecule has 0 unspecified atom stereocenters. The number of hydrogen-bond acceptors (Lipinski definition) is 5. The summed E-state index contributed by atoms with van der Waals surface area (Å²) in [7, 11) is 0. The average Bonchev–Trinajstić information content (AvgIpc) is 3.09. The molecule has 0 radical (unpaired) electrons. The fourth-order valence-electron chi connectivity index (χ4n) is 2.93. The van der Waals surface area contributed by atoms with Gasteiger partial charge in [0.2, 0.25) is 0 Å². The normalized spacial score (nSPS) is 24.1. The van der Waals surface area contributed by atoms with Crippen LogP contribution < -0.4 is 5.32 Å². The quantitative estimate of drug-likeness (QED) is 0.525. The number of carbonyl (C=O) groups excluding carboxylic acids is 1. The lowest BCUT2D eigenvalue weighted by Crippen LogP contribution is -2.39. The van der Waals surface area contributed by atoms with Crippen LogP contribution in [0.5, 0.6) is 0 Å². The van der Waals surface area contributed by atoms with Crippen molar-refractivity contribution in [2.75, 3.05) is 25.4 Å². The minimum atomic E-state index is 0.0819. The zero-order valence-corrected chi connectivity index (χ0v) is 13.8. The van der Waals surface area contributed by atoms with Crippen molar-refractivity contribution in [2.45, 2.75) is 24.1 Å². The van der Waals surface area contributed by atoms with E-state index in [4.69, 9.17) is 0 Å². The summed E-state index contributed by atoms with van der Waals surface area (Å²) < 4.78 is 0.972. The highest BCUT2D eigenvalue weighted by Gasteiger charge is 2.34. The second kappa shape index (κ2) is 6.79. The molecule has 0 spiro atoms. The number of aryl methyl sites for hydroxylation is 1. The van der Waals surface area contributed by atoms with E-state index in [1.165, 1.54) is 0 Å². The van der Waals surface area contributed by atoms with Crippen LogP contribution in [0.4, 0.5) is 4.79 Å². The number of hydrogen-bond donors (Lipinski definition) is 1. The van der Waals surface area contributed by atoms with Crippen molar-refractivity contribution >= 4 is 29.1 Å². The van der Waals surface area contributed by atoms with Gasteiger partial charge in [-0.15, -0.1) is 10.2 Å². The van der Waals surface area contributed by atoms with Gasteiger partial charge in [0.1, 0.15) is 5.01 Å². The molecule has 2 atom stereocenters. The van der Waals surface area contributed by atoms with E-state index in [9.17, 15) is 4.79 Å². The molecule has 2 aliphatic rings. The summed E-state index contributed by atoms with van der Waals surface area (Å²) in [6.45, 7) is 4.44. The topological polar surface area (TPSA) is 58.1 Å². The summed E-state index contributed by atoms with van der Waals surface area (Å²) in [5, 5.41) is 12.0. The van der Waals surface area contributed by atoms with Crippen LogP contribution in [-0.2, 0) is 0 Å². The van der Waals surface area contributed by atoms with Gasteiger partial charge in [0, 0.05) is 25.4 Å². The van der Waals surface area contributed by atoms with Gasteiger partial charge < -0.3 is 10.2 Å². The van der Waals surface area contributed by atoms with Gasteiger partial charge in [-0.05, 0) is 31.6 Å². The van der Waals surface area contributed by atoms with Crippen LogP contribution in [0.25, 0.3) is 0 Å².